The van der Waals surface area contributed by atoms with E-state index in [4.69, 9.17) is 0 Å². The first-order valence-electron chi connectivity index (χ1n) is 5.61. The molecule has 1 heteroatoms. The maximum Gasteiger partial charge on any atom is 0.0708 e. The van der Waals surface area contributed by atoms with Crippen LogP contribution in [0.4, 0.5) is 0 Å². The molecule has 0 aliphatic rings. The van der Waals surface area contributed by atoms with Crippen molar-refractivity contribution in [2.45, 2.75) is 52.1 Å². The third-order valence-electron chi connectivity index (χ3n) is 3.81. The number of hydrogen-bond acceptors (Lipinski definition) is 1. The van der Waals surface area contributed by atoms with Crippen LogP contribution in [0.2, 0.25) is 0 Å². The molecule has 1 N–H and O–H groups in total. The predicted octanol–water partition coefficient (Wildman–Crippen LogP) is 3.43. The highest BCUT2D eigenvalue weighted by molar-refractivity contribution is 5.30. The molecule has 1 aromatic rings. The molecule has 1 atom stereocenters. The van der Waals surface area contributed by atoms with Gasteiger partial charge in [-0.05, 0) is 25.8 Å². The summed E-state index contributed by atoms with van der Waals surface area (Å²) in [7, 11) is 0. The summed E-state index contributed by atoms with van der Waals surface area (Å²) in [6.45, 7) is 10.2. The monoisotopic (exact) mass is 206 g/mol. The average molecular weight is 206 g/mol. The van der Waals surface area contributed by atoms with Gasteiger partial charge in [0, 0.05) is 5.41 Å². The number of aryl methyl sites for hydroxylation is 1. The molecule has 1 unspecified atom stereocenters. The Morgan fingerprint density at radius 1 is 1.07 bits per heavy atom. The molecule has 0 aromatic heterocycles. The van der Waals surface area contributed by atoms with Crippen molar-refractivity contribution in [1.82, 2.24) is 0 Å². The van der Waals surface area contributed by atoms with Gasteiger partial charge in [0.05, 0.1) is 5.60 Å². The number of hydrogen-bond donors (Lipinski definition) is 1. The van der Waals surface area contributed by atoms with E-state index in [-0.39, 0.29) is 5.41 Å². The molecule has 0 amide bonds. The molecule has 0 aliphatic carbocycles. The summed E-state index contributed by atoms with van der Waals surface area (Å²) in [5.74, 6) is 0. The zero-order valence-electron chi connectivity index (χ0n) is 10.5. The van der Waals surface area contributed by atoms with Crippen LogP contribution in [0, 0.1) is 6.92 Å². The van der Waals surface area contributed by atoms with E-state index in [0.717, 1.165) is 6.42 Å². The Hall–Kier alpha value is -0.820. The lowest BCUT2D eigenvalue weighted by molar-refractivity contribution is -0.0119. The quantitative estimate of drug-likeness (QED) is 0.803. The summed E-state index contributed by atoms with van der Waals surface area (Å²) < 4.78 is 0. The second-order valence-electron chi connectivity index (χ2n) is 5.12. The normalized spacial score (nSPS) is 16.1. The van der Waals surface area contributed by atoms with Crippen LogP contribution in [-0.2, 0) is 5.41 Å². The van der Waals surface area contributed by atoms with E-state index in [1.165, 1.54) is 11.1 Å². The summed E-state index contributed by atoms with van der Waals surface area (Å²) >= 11 is 0. The third kappa shape index (κ3) is 2.23. The lowest BCUT2D eigenvalue weighted by atomic mass is 9.70. The molecule has 84 valence electrons. The minimum atomic E-state index is -0.664. The lowest BCUT2D eigenvalue weighted by Crippen LogP contribution is -2.44. The van der Waals surface area contributed by atoms with Crippen molar-refractivity contribution in [1.29, 1.82) is 0 Å². The van der Waals surface area contributed by atoms with Gasteiger partial charge in [-0.1, -0.05) is 50.6 Å². The first-order valence-corrected chi connectivity index (χ1v) is 5.61. The lowest BCUT2D eigenvalue weighted by Gasteiger charge is -2.40. The molecule has 1 nitrogen and oxygen atoms in total. The van der Waals surface area contributed by atoms with Crippen LogP contribution in [0.5, 0.6) is 0 Å². The second-order valence-corrected chi connectivity index (χ2v) is 5.12. The minimum Gasteiger partial charge on any atom is -0.389 e. The highest BCUT2D eigenvalue weighted by Gasteiger charge is 2.38. The Labute approximate surface area is 93.1 Å². The molecule has 15 heavy (non-hydrogen) atoms. The van der Waals surface area contributed by atoms with Crippen molar-refractivity contribution in [3.05, 3.63) is 35.4 Å². The van der Waals surface area contributed by atoms with Gasteiger partial charge < -0.3 is 5.11 Å². The highest BCUT2D eigenvalue weighted by Crippen LogP contribution is 2.36. The molecule has 0 saturated heterocycles. The van der Waals surface area contributed by atoms with Gasteiger partial charge in [-0.3, -0.25) is 0 Å². The van der Waals surface area contributed by atoms with Crippen LogP contribution in [0.15, 0.2) is 24.3 Å². The van der Waals surface area contributed by atoms with Crippen LogP contribution in [-0.4, -0.2) is 10.7 Å². The fraction of sp³-hybridized carbons (Fsp3) is 0.571. The predicted molar refractivity (Wildman–Crippen MR) is 65.1 cm³/mol. The molecule has 0 aliphatic heterocycles. The maximum absolute atomic E-state index is 10.4. The summed E-state index contributed by atoms with van der Waals surface area (Å²) in [6.07, 6.45) is 0.758. The van der Waals surface area contributed by atoms with Crippen LogP contribution in [0.3, 0.4) is 0 Å². The molecular formula is C14H22O. The second kappa shape index (κ2) is 3.97. The van der Waals surface area contributed by atoms with Crippen molar-refractivity contribution >= 4 is 0 Å². The van der Waals surface area contributed by atoms with Gasteiger partial charge in [0.1, 0.15) is 0 Å². The van der Waals surface area contributed by atoms with Crippen molar-refractivity contribution in [3.63, 3.8) is 0 Å². The number of aliphatic hydroxyl groups is 1. The fourth-order valence-corrected chi connectivity index (χ4v) is 1.72. The standard InChI is InChI=1S/C14H22O/c1-6-14(5,15)13(3,4)12-9-7-11(2)8-10-12/h7-10,15H,6H2,1-5H3. The zero-order chi connectivity index (χ0) is 11.7. The van der Waals surface area contributed by atoms with Gasteiger partial charge >= 0.3 is 0 Å². The van der Waals surface area contributed by atoms with E-state index in [9.17, 15) is 5.11 Å². The Bertz CT molecular complexity index is 320. The average Bonchev–Trinajstić information content (AvgIpc) is 2.18. The highest BCUT2D eigenvalue weighted by atomic mass is 16.3. The fourth-order valence-electron chi connectivity index (χ4n) is 1.72. The SMILES string of the molecule is CCC(C)(O)C(C)(C)c1ccc(C)cc1. The smallest absolute Gasteiger partial charge is 0.0708 e. The Morgan fingerprint density at radius 3 is 1.93 bits per heavy atom. The van der Waals surface area contributed by atoms with E-state index in [1.54, 1.807) is 0 Å². The van der Waals surface area contributed by atoms with Gasteiger partial charge in [0.2, 0.25) is 0 Å². The van der Waals surface area contributed by atoms with E-state index in [2.05, 4.69) is 45.0 Å². The zero-order valence-corrected chi connectivity index (χ0v) is 10.5. The van der Waals surface area contributed by atoms with Crippen LogP contribution in [0.25, 0.3) is 0 Å². The Balaban J connectivity index is 3.10. The number of rotatable bonds is 3. The molecule has 0 bridgehead atoms. The Kier molecular flexibility index (Phi) is 3.25. The van der Waals surface area contributed by atoms with E-state index in [1.807, 2.05) is 13.8 Å². The van der Waals surface area contributed by atoms with Crippen molar-refractivity contribution in [2.24, 2.45) is 0 Å². The van der Waals surface area contributed by atoms with E-state index >= 15 is 0 Å². The van der Waals surface area contributed by atoms with Crippen molar-refractivity contribution < 1.29 is 5.11 Å². The Morgan fingerprint density at radius 2 is 1.53 bits per heavy atom. The minimum absolute atomic E-state index is 0.213. The van der Waals surface area contributed by atoms with Gasteiger partial charge in [-0.25, -0.2) is 0 Å². The first kappa shape index (κ1) is 12.3. The van der Waals surface area contributed by atoms with Crippen LogP contribution < -0.4 is 0 Å². The first-order chi connectivity index (χ1) is 6.81. The topological polar surface area (TPSA) is 20.2 Å². The summed E-state index contributed by atoms with van der Waals surface area (Å²) in [5.41, 5.74) is 1.57. The summed E-state index contributed by atoms with van der Waals surface area (Å²) in [6, 6.07) is 8.42. The van der Waals surface area contributed by atoms with Gasteiger partial charge in [-0.15, -0.1) is 0 Å². The molecule has 0 fully saturated rings. The van der Waals surface area contributed by atoms with Crippen molar-refractivity contribution in [3.8, 4) is 0 Å². The van der Waals surface area contributed by atoms with Gasteiger partial charge in [0.15, 0.2) is 0 Å². The molecule has 0 saturated carbocycles. The third-order valence-corrected chi connectivity index (χ3v) is 3.81. The molecule has 0 radical (unpaired) electrons. The number of benzene rings is 1. The summed E-state index contributed by atoms with van der Waals surface area (Å²) in [5, 5.41) is 10.4. The van der Waals surface area contributed by atoms with Crippen molar-refractivity contribution in [2.75, 3.05) is 0 Å². The largest absolute Gasteiger partial charge is 0.389 e. The molecule has 0 spiro atoms. The van der Waals surface area contributed by atoms with Gasteiger partial charge in [0.25, 0.3) is 0 Å². The van der Waals surface area contributed by atoms with E-state index in [0.29, 0.717) is 0 Å². The van der Waals surface area contributed by atoms with E-state index < -0.39 is 5.60 Å². The molecule has 1 rings (SSSR count). The maximum atomic E-state index is 10.4. The van der Waals surface area contributed by atoms with Crippen LogP contribution in [0.1, 0.15) is 45.2 Å². The molecular weight excluding hydrogens is 184 g/mol. The summed E-state index contributed by atoms with van der Waals surface area (Å²) in [4.78, 5) is 0. The molecule has 0 heterocycles. The molecule has 1 aromatic carbocycles. The van der Waals surface area contributed by atoms with Crippen LogP contribution >= 0.6 is 0 Å². The van der Waals surface area contributed by atoms with Gasteiger partial charge in [-0.2, -0.15) is 0 Å².